The van der Waals surface area contributed by atoms with Gasteiger partial charge >= 0.3 is 0 Å². The van der Waals surface area contributed by atoms with Gasteiger partial charge in [0.05, 0.1) is 15.0 Å². The van der Waals surface area contributed by atoms with E-state index in [0.717, 1.165) is 21.9 Å². The largest absolute Gasteiger partial charge is 0.372 e. The predicted octanol–water partition coefficient (Wildman–Crippen LogP) is 5.06. The molecule has 0 amide bonds. The van der Waals surface area contributed by atoms with E-state index in [2.05, 4.69) is 67.0 Å². The van der Waals surface area contributed by atoms with Gasteiger partial charge in [-0.3, -0.25) is 0 Å². The van der Waals surface area contributed by atoms with E-state index in [9.17, 15) is 0 Å². The summed E-state index contributed by atoms with van der Waals surface area (Å²) in [6.45, 7) is 0. The second-order valence-electron chi connectivity index (χ2n) is 4.93. The van der Waals surface area contributed by atoms with Crippen molar-refractivity contribution in [2.24, 2.45) is 0 Å². The van der Waals surface area contributed by atoms with Gasteiger partial charge in [-0.15, -0.1) is 11.8 Å². The summed E-state index contributed by atoms with van der Waals surface area (Å²) in [4.78, 5) is 10.7. The summed E-state index contributed by atoms with van der Waals surface area (Å²) in [5.74, 6) is 3.28. The van der Waals surface area contributed by atoms with E-state index in [4.69, 9.17) is 4.98 Å². The highest BCUT2D eigenvalue weighted by Gasteiger charge is 2.29. The number of halogens is 2. The molecule has 3 nitrogen and oxygen atoms in total. The van der Waals surface area contributed by atoms with Crippen molar-refractivity contribution in [2.45, 2.75) is 29.4 Å². The number of aromatic nitrogens is 2. The lowest BCUT2D eigenvalue weighted by atomic mass is 10.2. The number of hydrogen-bond donors (Lipinski definition) is 1. The van der Waals surface area contributed by atoms with Crippen molar-refractivity contribution in [1.29, 1.82) is 0 Å². The lowest BCUT2D eigenvalue weighted by molar-refractivity contribution is 0.920. The minimum Gasteiger partial charge on any atom is -0.372 e. The number of anilines is 1. The van der Waals surface area contributed by atoms with Gasteiger partial charge in [-0.2, -0.15) is 0 Å². The normalized spacial score (nSPS) is 14.2. The number of benzene rings is 1. The number of thioether (sulfide) groups is 1. The highest BCUT2D eigenvalue weighted by Crippen LogP contribution is 2.42. The molecular formula is C15H15BrIN3S. The molecule has 0 radical (unpaired) electrons. The Morgan fingerprint density at radius 1 is 1.33 bits per heavy atom. The lowest BCUT2D eigenvalue weighted by Crippen LogP contribution is -2.06. The van der Waals surface area contributed by atoms with Crippen molar-refractivity contribution in [1.82, 2.24) is 9.97 Å². The van der Waals surface area contributed by atoms with E-state index in [1.165, 1.54) is 27.0 Å². The Morgan fingerprint density at radius 2 is 2.10 bits per heavy atom. The first-order chi connectivity index (χ1) is 10.2. The number of nitrogens with one attached hydrogen (secondary N) is 1. The number of nitrogens with zero attached hydrogens (tertiary/aromatic N) is 2. The molecule has 1 saturated carbocycles. The summed E-state index contributed by atoms with van der Waals surface area (Å²) < 4.78 is 2.30. The Labute approximate surface area is 151 Å². The van der Waals surface area contributed by atoms with Crippen LogP contribution in [0, 0.1) is 3.57 Å². The van der Waals surface area contributed by atoms with Crippen molar-refractivity contribution in [3.8, 4) is 0 Å². The average Bonchev–Trinajstić information content (AvgIpc) is 3.32. The minimum absolute atomic E-state index is 0.638. The SMILES string of the molecule is CNc1nc(CSc2ccccc2Br)nc(C2CC2)c1I. The van der Waals surface area contributed by atoms with Crippen molar-refractivity contribution in [3.05, 3.63) is 43.8 Å². The number of rotatable bonds is 5. The third-order valence-electron chi connectivity index (χ3n) is 3.32. The molecule has 1 aliphatic carbocycles. The van der Waals surface area contributed by atoms with Crippen LogP contribution in [-0.4, -0.2) is 17.0 Å². The third kappa shape index (κ3) is 3.71. The Bertz CT molecular complexity index is 661. The van der Waals surface area contributed by atoms with Gasteiger partial charge in [0.25, 0.3) is 0 Å². The first kappa shape index (κ1) is 15.6. The van der Waals surface area contributed by atoms with Gasteiger partial charge in [0.2, 0.25) is 0 Å². The van der Waals surface area contributed by atoms with Gasteiger partial charge in [0.15, 0.2) is 0 Å². The molecule has 21 heavy (non-hydrogen) atoms. The Morgan fingerprint density at radius 3 is 2.76 bits per heavy atom. The molecule has 2 aromatic rings. The van der Waals surface area contributed by atoms with Crippen LogP contribution in [0.2, 0.25) is 0 Å². The van der Waals surface area contributed by atoms with Gasteiger partial charge in [0.1, 0.15) is 11.6 Å². The van der Waals surface area contributed by atoms with E-state index in [1.807, 2.05) is 13.1 Å². The zero-order chi connectivity index (χ0) is 14.8. The van der Waals surface area contributed by atoms with Crippen LogP contribution in [0.15, 0.2) is 33.6 Å². The van der Waals surface area contributed by atoms with Gasteiger partial charge in [-0.1, -0.05) is 12.1 Å². The van der Waals surface area contributed by atoms with Crippen LogP contribution in [-0.2, 0) is 5.75 Å². The van der Waals surface area contributed by atoms with Crippen LogP contribution in [0.5, 0.6) is 0 Å². The average molecular weight is 476 g/mol. The number of hydrogen-bond acceptors (Lipinski definition) is 4. The fraction of sp³-hybridized carbons (Fsp3) is 0.333. The molecule has 0 atom stereocenters. The third-order valence-corrected chi connectivity index (χ3v) is 6.40. The second kappa shape index (κ2) is 6.83. The summed E-state index contributed by atoms with van der Waals surface area (Å²) in [6.07, 6.45) is 2.51. The topological polar surface area (TPSA) is 37.8 Å². The van der Waals surface area contributed by atoms with E-state index < -0.39 is 0 Å². The molecule has 1 aromatic carbocycles. The summed E-state index contributed by atoms with van der Waals surface area (Å²) in [5.41, 5.74) is 1.22. The Hall–Kier alpha value is -0.340. The molecule has 1 aromatic heterocycles. The Balaban J connectivity index is 1.82. The molecule has 0 unspecified atom stereocenters. The molecular weight excluding hydrogens is 461 g/mol. The van der Waals surface area contributed by atoms with E-state index in [1.54, 1.807) is 11.8 Å². The fourth-order valence-corrected chi connectivity index (χ4v) is 4.45. The molecule has 6 heteroatoms. The molecule has 3 rings (SSSR count). The van der Waals surface area contributed by atoms with Crippen molar-refractivity contribution < 1.29 is 0 Å². The van der Waals surface area contributed by atoms with Crippen LogP contribution >= 0.6 is 50.3 Å². The van der Waals surface area contributed by atoms with Crippen LogP contribution in [0.1, 0.15) is 30.3 Å². The molecule has 0 spiro atoms. The van der Waals surface area contributed by atoms with Gasteiger partial charge in [-0.25, -0.2) is 9.97 Å². The van der Waals surface area contributed by atoms with Crippen LogP contribution < -0.4 is 5.32 Å². The molecule has 1 heterocycles. The molecule has 110 valence electrons. The molecule has 1 aliphatic rings. The molecule has 1 fully saturated rings. The fourth-order valence-electron chi connectivity index (χ4n) is 2.07. The predicted molar refractivity (Wildman–Crippen MR) is 100.0 cm³/mol. The maximum atomic E-state index is 4.79. The van der Waals surface area contributed by atoms with Crippen LogP contribution in [0.25, 0.3) is 0 Å². The van der Waals surface area contributed by atoms with E-state index >= 15 is 0 Å². The highest BCUT2D eigenvalue weighted by atomic mass is 127. The van der Waals surface area contributed by atoms with Gasteiger partial charge < -0.3 is 5.32 Å². The minimum atomic E-state index is 0.638. The van der Waals surface area contributed by atoms with Crippen molar-refractivity contribution in [3.63, 3.8) is 0 Å². The molecule has 0 aliphatic heterocycles. The quantitative estimate of drug-likeness (QED) is 0.484. The zero-order valence-electron chi connectivity index (χ0n) is 11.6. The molecule has 1 N–H and O–H groups in total. The highest BCUT2D eigenvalue weighted by molar-refractivity contribution is 14.1. The standard InChI is InChI=1S/C15H15BrIN3S/c1-18-15-13(17)14(9-6-7-9)19-12(20-15)8-21-11-5-3-2-4-10(11)16/h2-5,9H,6-8H2,1H3,(H,18,19,20). The Kier molecular flexibility index (Phi) is 5.06. The van der Waals surface area contributed by atoms with Gasteiger partial charge in [-0.05, 0) is 63.5 Å². The lowest BCUT2D eigenvalue weighted by Gasteiger charge is -2.11. The maximum absolute atomic E-state index is 4.79. The van der Waals surface area contributed by atoms with Crippen LogP contribution in [0.3, 0.4) is 0 Å². The van der Waals surface area contributed by atoms with Crippen molar-refractivity contribution in [2.75, 3.05) is 12.4 Å². The second-order valence-corrected chi connectivity index (χ2v) is 7.88. The smallest absolute Gasteiger partial charge is 0.143 e. The monoisotopic (exact) mass is 475 g/mol. The summed E-state index contributed by atoms with van der Waals surface area (Å²) in [7, 11) is 1.92. The summed E-state index contributed by atoms with van der Waals surface area (Å²) in [6, 6.07) is 8.25. The molecule has 0 saturated heterocycles. The summed E-state index contributed by atoms with van der Waals surface area (Å²) >= 11 is 7.70. The van der Waals surface area contributed by atoms with E-state index in [-0.39, 0.29) is 0 Å². The van der Waals surface area contributed by atoms with E-state index in [0.29, 0.717) is 5.92 Å². The van der Waals surface area contributed by atoms with Crippen molar-refractivity contribution >= 4 is 56.1 Å². The summed E-state index contributed by atoms with van der Waals surface area (Å²) in [5, 5.41) is 3.19. The first-order valence-corrected chi connectivity index (χ1v) is 9.66. The van der Waals surface area contributed by atoms with Gasteiger partial charge in [0, 0.05) is 22.3 Å². The molecule has 0 bridgehead atoms. The first-order valence-electron chi connectivity index (χ1n) is 6.80. The zero-order valence-corrected chi connectivity index (χ0v) is 16.1. The maximum Gasteiger partial charge on any atom is 0.143 e. The van der Waals surface area contributed by atoms with Crippen LogP contribution in [0.4, 0.5) is 5.82 Å².